The Balaban J connectivity index is 1.73. The Morgan fingerprint density at radius 3 is 2.91 bits per heavy atom. The molecule has 1 amide bonds. The lowest BCUT2D eigenvalue weighted by Gasteiger charge is -2.06. The number of hydrogen-bond acceptors (Lipinski definition) is 5. The van der Waals surface area contributed by atoms with Crippen molar-refractivity contribution in [2.75, 3.05) is 11.6 Å². The largest absolute Gasteiger partial charge is 0.353 e. The topological polar surface area (TPSA) is 85.8 Å². The second kappa shape index (κ2) is 6.36. The summed E-state index contributed by atoms with van der Waals surface area (Å²) in [6.45, 7) is 0. The van der Waals surface area contributed by atoms with Crippen LogP contribution in [-0.2, 0) is 4.79 Å². The zero-order valence-electron chi connectivity index (χ0n) is 11.4. The summed E-state index contributed by atoms with van der Waals surface area (Å²) < 4.78 is 1.31. The van der Waals surface area contributed by atoms with Crippen molar-refractivity contribution in [3.8, 4) is 11.4 Å². The summed E-state index contributed by atoms with van der Waals surface area (Å²) >= 11 is 13.3. The van der Waals surface area contributed by atoms with Crippen molar-refractivity contribution in [2.24, 2.45) is 0 Å². The Labute approximate surface area is 141 Å². The Kier molecular flexibility index (Phi) is 4.46. The van der Waals surface area contributed by atoms with E-state index in [4.69, 9.17) is 29.0 Å². The van der Waals surface area contributed by atoms with E-state index < -0.39 is 0 Å². The third-order valence-corrected chi connectivity index (χ3v) is 4.62. The first-order valence-electron chi connectivity index (χ1n) is 6.62. The van der Waals surface area contributed by atoms with Gasteiger partial charge in [0.1, 0.15) is 0 Å². The molecule has 2 aromatic rings. The van der Waals surface area contributed by atoms with Gasteiger partial charge in [0.05, 0.1) is 10.8 Å². The molecule has 3 N–H and O–H groups in total. The SMILES string of the molecule is Nn1c(SCC(=O)NC2CC2)nnc1-c1cc(Cl)ccc1Cl. The number of hydrogen-bond donors (Lipinski definition) is 2. The van der Waals surface area contributed by atoms with E-state index in [9.17, 15) is 4.79 Å². The first kappa shape index (κ1) is 15.5. The van der Waals surface area contributed by atoms with E-state index in [1.807, 2.05) is 0 Å². The van der Waals surface area contributed by atoms with Gasteiger partial charge in [0.15, 0.2) is 5.82 Å². The van der Waals surface area contributed by atoms with Crippen LogP contribution >= 0.6 is 35.0 Å². The number of carbonyl (C=O) groups is 1. The van der Waals surface area contributed by atoms with Crippen molar-refractivity contribution >= 4 is 40.9 Å². The summed E-state index contributed by atoms with van der Waals surface area (Å²) in [5, 5.41) is 12.4. The molecule has 1 aliphatic carbocycles. The van der Waals surface area contributed by atoms with Gasteiger partial charge in [-0.05, 0) is 31.0 Å². The fourth-order valence-electron chi connectivity index (χ4n) is 1.86. The number of carbonyl (C=O) groups excluding carboxylic acids is 1. The number of nitrogens with zero attached hydrogens (tertiary/aromatic N) is 3. The quantitative estimate of drug-likeness (QED) is 0.633. The molecule has 0 bridgehead atoms. The lowest BCUT2D eigenvalue weighted by Crippen LogP contribution is -2.27. The zero-order valence-corrected chi connectivity index (χ0v) is 13.8. The number of nitrogens with two attached hydrogens (primary N) is 1. The van der Waals surface area contributed by atoms with Crippen LogP contribution in [0, 0.1) is 0 Å². The van der Waals surface area contributed by atoms with Crippen molar-refractivity contribution in [3.63, 3.8) is 0 Å². The molecular weight excluding hydrogens is 345 g/mol. The monoisotopic (exact) mass is 357 g/mol. The van der Waals surface area contributed by atoms with Gasteiger partial charge in [0.25, 0.3) is 0 Å². The molecule has 6 nitrogen and oxygen atoms in total. The summed E-state index contributed by atoms with van der Waals surface area (Å²) in [6.07, 6.45) is 2.11. The van der Waals surface area contributed by atoms with Crippen LogP contribution in [0.1, 0.15) is 12.8 Å². The molecule has 0 spiro atoms. The Bertz CT molecular complexity index is 716. The van der Waals surface area contributed by atoms with Crippen LogP contribution in [0.15, 0.2) is 23.4 Å². The number of nitrogen functional groups attached to an aromatic ring is 1. The second-order valence-electron chi connectivity index (χ2n) is 4.93. The summed E-state index contributed by atoms with van der Waals surface area (Å²) in [5.41, 5.74) is 0.596. The van der Waals surface area contributed by atoms with E-state index >= 15 is 0 Å². The third kappa shape index (κ3) is 3.48. The number of rotatable bonds is 5. The molecule has 0 radical (unpaired) electrons. The maximum atomic E-state index is 11.7. The number of amides is 1. The van der Waals surface area contributed by atoms with E-state index in [1.165, 1.54) is 16.4 Å². The van der Waals surface area contributed by atoms with Crippen molar-refractivity contribution in [1.82, 2.24) is 20.2 Å². The number of thioether (sulfide) groups is 1. The minimum Gasteiger partial charge on any atom is -0.353 e. The molecular formula is C13H13Cl2N5OS. The summed E-state index contributed by atoms with van der Waals surface area (Å²) in [7, 11) is 0. The highest BCUT2D eigenvalue weighted by Crippen LogP contribution is 2.30. The lowest BCUT2D eigenvalue weighted by atomic mass is 10.2. The van der Waals surface area contributed by atoms with Crippen LogP contribution in [0.4, 0.5) is 0 Å². The lowest BCUT2D eigenvalue weighted by molar-refractivity contribution is -0.118. The smallest absolute Gasteiger partial charge is 0.230 e. The molecule has 1 aliphatic rings. The Morgan fingerprint density at radius 2 is 2.18 bits per heavy atom. The highest BCUT2D eigenvalue weighted by Gasteiger charge is 2.23. The van der Waals surface area contributed by atoms with E-state index in [0.717, 1.165) is 12.8 Å². The molecule has 3 rings (SSSR count). The van der Waals surface area contributed by atoms with E-state index in [2.05, 4.69) is 15.5 Å². The van der Waals surface area contributed by atoms with Gasteiger partial charge in [-0.3, -0.25) is 4.79 Å². The maximum absolute atomic E-state index is 11.7. The van der Waals surface area contributed by atoms with Gasteiger partial charge in [0, 0.05) is 16.6 Å². The van der Waals surface area contributed by atoms with Crippen molar-refractivity contribution < 1.29 is 4.79 Å². The standard InChI is InChI=1S/C13H13Cl2N5OS/c14-7-1-4-10(15)9(5-7)12-18-19-13(20(12)16)22-6-11(21)17-8-2-3-8/h1,4-5,8H,2-3,6,16H2,(H,17,21). The number of halogens is 2. The highest BCUT2D eigenvalue weighted by molar-refractivity contribution is 7.99. The molecule has 0 atom stereocenters. The van der Waals surface area contributed by atoms with E-state index in [1.54, 1.807) is 18.2 Å². The van der Waals surface area contributed by atoms with Crippen LogP contribution in [-0.4, -0.2) is 32.6 Å². The molecule has 9 heteroatoms. The van der Waals surface area contributed by atoms with Crippen LogP contribution in [0.5, 0.6) is 0 Å². The zero-order chi connectivity index (χ0) is 15.7. The normalized spacial score (nSPS) is 14.1. The van der Waals surface area contributed by atoms with Crippen molar-refractivity contribution in [1.29, 1.82) is 0 Å². The molecule has 1 heterocycles. The average Bonchev–Trinajstić information content (AvgIpc) is 3.22. The van der Waals surface area contributed by atoms with Crippen molar-refractivity contribution in [2.45, 2.75) is 24.0 Å². The fourth-order valence-corrected chi connectivity index (χ4v) is 2.90. The van der Waals surface area contributed by atoms with Gasteiger partial charge in [-0.25, -0.2) is 4.68 Å². The molecule has 1 aromatic heterocycles. The molecule has 0 saturated heterocycles. The molecule has 0 aliphatic heterocycles. The fraction of sp³-hybridized carbons (Fsp3) is 0.308. The summed E-state index contributed by atoms with van der Waals surface area (Å²) in [5.74, 6) is 6.61. The van der Waals surface area contributed by atoms with Gasteiger partial charge in [-0.1, -0.05) is 35.0 Å². The third-order valence-electron chi connectivity index (χ3n) is 3.11. The van der Waals surface area contributed by atoms with Gasteiger partial charge < -0.3 is 11.2 Å². The first-order chi connectivity index (χ1) is 10.5. The van der Waals surface area contributed by atoms with Crippen LogP contribution in [0.3, 0.4) is 0 Å². The second-order valence-corrected chi connectivity index (χ2v) is 6.72. The van der Waals surface area contributed by atoms with Gasteiger partial charge >= 0.3 is 0 Å². The van der Waals surface area contributed by atoms with Crippen LogP contribution < -0.4 is 11.2 Å². The van der Waals surface area contributed by atoms with E-state index in [-0.39, 0.29) is 11.7 Å². The average molecular weight is 358 g/mol. The van der Waals surface area contributed by atoms with E-state index in [0.29, 0.717) is 32.6 Å². The molecule has 0 unspecified atom stereocenters. The molecule has 1 saturated carbocycles. The number of aromatic nitrogens is 3. The Hall–Kier alpha value is -1.44. The predicted molar refractivity (Wildman–Crippen MR) is 87.5 cm³/mol. The number of benzene rings is 1. The number of nitrogens with one attached hydrogen (secondary N) is 1. The van der Waals surface area contributed by atoms with Gasteiger partial charge in [-0.2, -0.15) is 0 Å². The first-order valence-corrected chi connectivity index (χ1v) is 8.37. The summed E-state index contributed by atoms with van der Waals surface area (Å²) in [4.78, 5) is 11.7. The van der Waals surface area contributed by atoms with Crippen LogP contribution in [0.25, 0.3) is 11.4 Å². The molecule has 1 fully saturated rings. The Morgan fingerprint density at radius 1 is 1.41 bits per heavy atom. The maximum Gasteiger partial charge on any atom is 0.230 e. The molecule has 1 aromatic carbocycles. The van der Waals surface area contributed by atoms with Gasteiger partial charge in [0.2, 0.25) is 11.1 Å². The summed E-state index contributed by atoms with van der Waals surface area (Å²) in [6, 6.07) is 5.36. The highest BCUT2D eigenvalue weighted by atomic mass is 35.5. The molecule has 116 valence electrons. The molecule has 22 heavy (non-hydrogen) atoms. The predicted octanol–water partition coefficient (Wildman–Crippen LogP) is 2.34. The van der Waals surface area contributed by atoms with Gasteiger partial charge in [-0.15, -0.1) is 10.2 Å². The minimum absolute atomic E-state index is 0.0298. The minimum atomic E-state index is -0.0298. The van der Waals surface area contributed by atoms with Crippen molar-refractivity contribution in [3.05, 3.63) is 28.2 Å². The van der Waals surface area contributed by atoms with Crippen LogP contribution in [0.2, 0.25) is 10.0 Å².